The van der Waals surface area contributed by atoms with E-state index >= 15 is 0 Å². The number of carbonyl (C=O) groups excluding carboxylic acids is 1. The summed E-state index contributed by atoms with van der Waals surface area (Å²) in [4.78, 5) is 10.3. The third-order valence-corrected chi connectivity index (χ3v) is 2.14. The molecule has 1 aromatic carbocycles. The maximum absolute atomic E-state index is 11.0. The Bertz CT molecular complexity index is 480. The van der Waals surface area contributed by atoms with Crippen molar-refractivity contribution in [3.05, 3.63) is 47.4 Å². The second kappa shape index (κ2) is 3.46. The van der Waals surface area contributed by atoms with Crippen molar-refractivity contribution in [3.63, 3.8) is 0 Å². The van der Waals surface area contributed by atoms with Crippen LogP contribution in [0.25, 0.3) is 10.8 Å². The molecular weight excluding hydrogens is 178 g/mol. The fourth-order valence-corrected chi connectivity index (χ4v) is 1.44. The summed E-state index contributed by atoms with van der Waals surface area (Å²) in [6.45, 7) is 0. The van der Waals surface area contributed by atoms with Crippen LogP contribution in [0, 0.1) is 5.21 Å². The molecule has 0 radical (unpaired) electrons. The van der Waals surface area contributed by atoms with E-state index in [1.54, 1.807) is 6.07 Å². The van der Waals surface area contributed by atoms with Gasteiger partial charge in [-0.25, -0.2) is 0 Å². The van der Waals surface area contributed by atoms with Crippen LogP contribution >= 0.6 is 0 Å². The van der Waals surface area contributed by atoms with Crippen molar-refractivity contribution in [1.29, 1.82) is 0 Å². The van der Waals surface area contributed by atoms with E-state index in [1.807, 2.05) is 18.2 Å². The Morgan fingerprint density at radius 3 is 2.93 bits per heavy atom. The fraction of sp³-hybridized carbons (Fsp3) is 0.0909. The summed E-state index contributed by atoms with van der Waals surface area (Å²) < 4.78 is 0.757. The zero-order chi connectivity index (χ0) is 9.97. The Balaban J connectivity index is 2.57. The Kier molecular flexibility index (Phi) is 2.14. The Morgan fingerprint density at radius 1 is 1.29 bits per heavy atom. The highest BCUT2D eigenvalue weighted by atomic mass is 16.5. The lowest BCUT2D eigenvalue weighted by Gasteiger charge is -2.00. The number of rotatable bonds is 2. The number of nitrogens with zero attached hydrogens (tertiary/aromatic N) is 1. The van der Waals surface area contributed by atoms with E-state index in [4.69, 9.17) is 0 Å². The van der Waals surface area contributed by atoms with Gasteiger partial charge in [0.05, 0.1) is 0 Å². The SMILES string of the molecule is O=CCc1ccc2cc[n+]([O-])cc2c1. The molecule has 0 aliphatic rings. The van der Waals surface area contributed by atoms with Gasteiger partial charge in [0.15, 0.2) is 12.4 Å². The van der Waals surface area contributed by atoms with Crippen molar-refractivity contribution in [2.24, 2.45) is 0 Å². The van der Waals surface area contributed by atoms with Crippen LogP contribution in [0.15, 0.2) is 36.7 Å². The van der Waals surface area contributed by atoms with Gasteiger partial charge in [0.25, 0.3) is 0 Å². The lowest BCUT2D eigenvalue weighted by molar-refractivity contribution is -0.603. The minimum Gasteiger partial charge on any atom is -0.619 e. The molecule has 0 fully saturated rings. The van der Waals surface area contributed by atoms with Crippen molar-refractivity contribution in [2.75, 3.05) is 0 Å². The molecule has 0 aliphatic carbocycles. The minimum absolute atomic E-state index is 0.393. The second-order valence-corrected chi connectivity index (χ2v) is 3.14. The molecule has 1 aromatic heterocycles. The summed E-state index contributed by atoms with van der Waals surface area (Å²) in [7, 11) is 0. The first-order valence-electron chi connectivity index (χ1n) is 4.35. The zero-order valence-electron chi connectivity index (χ0n) is 7.51. The molecular formula is C11H9NO2. The summed E-state index contributed by atoms with van der Waals surface area (Å²) >= 11 is 0. The van der Waals surface area contributed by atoms with Crippen LogP contribution in [0.5, 0.6) is 0 Å². The smallest absolute Gasteiger partial charge is 0.188 e. The van der Waals surface area contributed by atoms with Gasteiger partial charge in [-0.05, 0) is 17.0 Å². The van der Waals surface area contributed by atoms with Gasteiger partial charge in [0.1, 0.15) is 6.29 Å². The molecule has 0 spiro atoms. The van der Waals surface area contributed by atoms with Gasteiger partial charge in [-0.15, -0.1) is 0 Å². The molecule has 2 aromatic rings. The molecule has 3 heteroatoms. The molecule has 0 aliphatic heterocycles. The predicted molar refractivity (Wildman–Crippen MR) is 52.7 cm³/mol. The Labute approximate surface area is 81.2 Å². The molecule has 70 valence electrons. The molecule has 0 saturated carbocycles. The van der Waals surface area contributed by atoms with E-state index in [2.05, 4.69) is 0 Å². The monoisotopic (exact) mass is 187 g/mol. The standard InChI is InChI=1S/C11H9NO2/c13-6-4-9-1-2-10-3-5-12(14)8-11(10)7-9/h1-3,5-8H,4H2. The maximum atomic E-state index is 11.0. The Hall–Kier alpha value is -1.90. The largest absolute Gasteiger partial charge is 0.619 e. The third kappa shape index (κ3) is 1.57. The van der Waals surface area contributed by atoms with Gasteiger partial charge in [0, 0.05) is 17.9 Å². The number of aldehydes is 1. The normalized spacial score (nSPS) is 10.3. The third-order valence-electron chi connectivity index (χ3n) is 2.14. The number of carbonyl (C=O) groups is 1. The number of pyridine rings is 1. The van der Waals surface area contributed by atoms with Gasteiger partial charge in [0.2, 0.25) is 0 Å². The van der Waals surface area contributed by atoms with E-state index < -0.39 is 0 Å². The molecule has 3 nitrogen and oxygen atoms in total. The first-order valence-corrected chi connectivity index (χ1v) is 4.35. The highest BCUT2D eigenvalue weighted by molar-refractivity contribution is 5.81. The summed E-state index contributed by atoms with van der Waals surface area (Å²) in [6, 6.07) is 7.42. The zero-order valence-corrected chi connectivity index (χ0v) is 7.51. The maximum Gasteiger partial charge on any atom is 0.188 e. The van der Waals surface area contributed by atoms with Crippen molar-refractivity contribution in [2.45, 2.75) is 6.42 Å². The number of fused-ring (bicyclic) bond motifs is 1. The van der Waals surface area contributed by atoms with E-state index in [0.29, 0.717) is 6.42 Å². The molecule has 0 N–H and O–H groups in total. The van der Waals surface area contributed by atoms with Crippen LogP contribution in [-0.4, -0.2) is 6.29 Å². The summed E-state index contributed by atoms with van der Waals surface area (Å²) in [5, 5.41) is 12.9. The van der Waals surface area contributed by atoms with Crippen LogP contribution < -0.4 is 4.73 Å². The topological polar surface area (TPSA) is 44.0 Å². The van der Waals surface area contributed by atoms with Crippen LogP contribution in [-0.2, 0) is 11.2 Å². The van der Waals surface area contributed by atoms with Crippen LogP contribution in [0.4, 0.5) is 0 Å². The van der Waals surface area contributed by atoms with Gasteiger partial charge in [-0.2, -0.15) is 4.73 Å². The van der Waals surface area contributed by atoms with Crippen LogP contribution in [0.3, 0.4) is 0 Å². The second-order valence-electron chi connectivity index (χ2n) is 3.14. The molecule has 0 bridgehead atoms. The van der Waals surface area contributed by atoms with Gasteiger partial charge < -0.3 is 10.0 Å². The van der Waals surface area contributed by atoms with Crippen molar-refractivity contribution in [1.82, 2.24) is 0 Å². The number of aromatic nitrogens is 1. The predicted octanol–water partition coefficient (Wildman–Crippen LogP) is 1.21. The highest BCUT2D eigenvalue weighted by Gasteiger charge is 1.99. The molecule has 14 heavy (non-hydrogen) atoms. The van der Waals surface area contributed by atoms with E-state index in [0.717, 1.165) is 27.4 Å². The van der Waals surface area contributed by atoms with E-state index in [-0.39, 0.29) is 0 Å². The lowest BCUT2D eigenvalue weighted by Crippen LogP contribution is -2.23. The highest BCUT2D eigenvalue weighted by Crippen LogP contribution is 2.13. The average Bonchev–Trinajstić information content (AvgIpc) is 2.17. The Morgan fingerprint density at radius 2 is 2.14 bits per heavy atom. The average molecular weight is 187 g/mol. The van der Waals surface area contributed by atoms with Crippen LogP contribution in [0.1, 0.15) is 5.56 Å². The quantitative estimate of drug-likeness (QED) is 0.403. The number of hydrogen-bond donors (Lipinski definition) is 0. The molecule has 1 heterocycles. The molecule has 0 saturated heterocycles. The molecule has 0 unspecified atom stereocenters. The van der Waals surface area contributed by atoms with Crippen molar-refractivity contribution in [3.8, 4) is 0 Å². The first-order chi connectivity index (χ1) is 6.79. The van der Waals surface area contributed by atoms with Crippen LogP contribution in [0.2, 0.25) is 0 Å². The molecule has 0 amide bonds. The van der Waals surface area contributed by atoms with E-state index in [1.165, 1.54) is 12.4 Å². The van der Waals surface area contributed by atoms with Gasteiger partial charge in [-0.3, -0.25) is 0 Å². The van der Waals surface area contributed by atoms with Gasteiger partial charge in [-0.1, -0.05) is 12.1 Å². The van der Waals surface area contributed by atoms with Gasteiger partial charge >= 0.3 is 0 Å². The summed E-state index contributed by atoms with van der Waals surface area (Å²) in [5.74, 6) is 0. The number of hydrogen-bond acceptors (Lipinski definition) is 2. The number of benzene rings is 1. The van der Waals surface area contributed by atoms with E-state index in [9.17, 15) is 10.0 Å². The fourth-order valence-electron chi connectivity index (χ4n) is 1.44. The van der Waals surface area contributed by atoms with Crippen molar-refractivity contribution < 1.29 is 9.52 Å². The first kappa shape index (κ1) is 8.69. The minimum atomic E-state index is 0.393. The summed E-state index contributed by atoms with van der Waals surface area (Å²) in [6.07, 6.45) is 4.21. The lowest BCUT2D eigenvalue weighted by atomic mass is 10.1. The molecule has 2 rings (SSSR count). The van der Waals surface area contributed by atoms with Crippen molar-refractivity contribution >= 4 is 17.1 Å². The summed E-state index contributed by atoms with van der Waals surface area (Å²) in [5.41, 5.74) is 0.929. The molecule has 0 atom stereocenters.